The van der Waals surface area contributed by atoms with E-state index in [1.54, 1.807) is 4.90 Å². The Kier molecular flexibility index (Phi) is 4.69. The summed E-state index contributed by atoms with van der Waals surface area (Å²) < 4.78 is 0. The standard InChI is InChI=1S/C14H23N3O4/c1-2-10-12(20)15-6-7-17(10)13(21)16-9-14(4-3-5-14)8-11(18)19/h10H,2-9H2,1H3,(H,15,20)(H,16,21)(H,18,19). The zero-order chi connectivity index (χ0) is 15.5. The van der Waals surface area contributed by atoms with E-state index >= 15 is 0 Å². The van der Waals surface area contributed by atoms with Crippen LogP contribution in [0.4, 0.5) is 4.79 Å². The lowest BCUT2D eigenvalue weighted by molar-refractivity contribution is -0.141. The molecule has 2 aliphatic rings. The predicted octanol–water partition coefficient (Wildman–Crippen LogP) is 0.551. The number of carboxylic acids is 1. The number of carbonyl (C=O) groups excluding carboxylic acids is 2. The Balaban J connectivity index is 1.91. The van der Waals surface area contributed by atoms with Crippen molar-refractivity contribution in [2.45, 2.75) is 45.1 Å². The van der Waals surface area contributed by atoms with Gasteiger partial charge in [-0.25, -0.2) is 4.79 Å². The Morgan fingerprint density at radius 3 is 2.71 bits per heavy atom. The van der Waals surface area contributed by atoms with Gasteiger partial charge in [0.05, 0.1) is 6.42 Å². The third kappa shape index (κ3) is 3.46. The van der Waals surface area contributed by atoms with Crippen LogP contribution in [0.25, 0.3) is 0 Å². The zero-order valence-corrected chi connectivity index (χ0v) is 12.4. The highest BCUT2D eigenvalue weighted by Gasteiger charge is 2.40. The van der Waals surface area contributed by atoms with Gasteiger partial charge in [0, 0.05) is 19.6 Å². The fourth-order valence-electron chi connectivity index (χ4n) is 3.14. The lowest BCUT2D eigenvalue weighted by Crippen LogP contribution is -2.60. The number of urea groups is 1. The molecule has 3 N–H and O–H groups in total. The van der Waals surface area contributed by atoms with E-state index in [2.05, 4.69) is 10.6 Å². The van der Waals surface area contributed by atoms with Gasteiger partial charge >= 0.3 is 12.0 Å². The first-order valence-corrected chi connectivity index (χ1v) is 7.51. The minimum Gasteiger partial charge on any atom is -0.481 e. The SMILES string of the molecule is CCC1C(=O)NCCN1C(=O)NCC1(CC(=O)O)CCC1. The van der Waals surface area contributed by atoms with Gasteiger partial charge in [0.15, 0.2) is 0 Å². The highest BCUT2D eigenvalue weighted by molar-refractivity contribution is 5.88. The third-order valence-corrected chi connectivity index (χ3v) is 4.53. The molecule has 1 aliphatic heterocycles. The van der Waals surface area contributed by atoms with Gasteiger partial charge in [-0.3, -0.25) is 9.59 Å². The van der Waals surface area contributed by atoms with Gasteiger partial charge in [0.2, 0.25) is 5.91 Å². The smallest absolute Gasteiger partial charge is 0.318 e. The fraction of sp³-hybridized carbons (Fsp3) is 0.786. The van der Waals surface area contributed by atoms with Crippen LogP contribution in [-0.2, 0) is 9.59 Å². The minimum atomic E-state index is -0.826. The molecule has 3 amide bonds. The Morgan fingerprint density at radius 1 is 1.48 bits per heavy atom. The number of piperazine rings is 1. The Labute approximate surface area is 124 Å². The van der Waals surface area contributed by atoms with Crippen molar-refractivity contribution in [3.8, 4) is 0 Å². The summed E-state index contributed by atoms with van der Waals surface area (Å²) >= 11 is 0. The molecule has 1 atom stereocenters. The zero-order valence-electron chi connectivity index (χ0n) is 12.4. The molecule has 7 nitrogen and oxygen atoms in total. The molecule has 2 rings (SSSR count). The number of aliphatic carboxylic acids is 1. The number of rotatable bonds is 5. The second-order valence-electron chi connectivity index (χ2n) is 5.99. The van der Waals surface area contributed by atoms with Gasteiger partial charge in [-0.2, -0.15) is 0 Å². The summed E-state index contributed by atoms with van der Waals surface area (Å²) in [6.45, 7) is 3.19. The van der Waals surface area contributed by atoms with Crippen molar-refractivity contribution in [2.24, 2.45) is 5.41 Å². The lowest BCUT2D eigenvalue weighted by atomic mass is 9.66. The normalized spacial score (nSPS) is 24.0. The van der Waals surface area contributed by atoms with Crippen molar-refractivity contribution in [1.82, 2.24) is 15.5 Å². The molecular weight excluding hydrogens is 274 g/mol. The minimum absolute atomic E-state index is 0.0883. The molecule has 1 saturated heterocycles. The summed E-state index contributed by atoms with van der Waals surface area (Å²) in [5.41, 5.74) is -0.304. The molecule has 0 aromatic rings. The van der Waals surface area contributed by atoms with Crippen LogP contribution in [0.2, 0.25) is 0 Å². The average molecular weight is 297 g/mol. The number of amides is 3. The fourth-order valence-corrected chi connectivity index (χ4v) is 3.14. The van der Waals surface area contributed by atoms with E-state index in [0.29, 0.717) is 26.1 Å². The summed E-state index contributed by atoms with van der Waals surface area (Å²) in [7, 11) is 0. The molecular formula is C14H23N3O4. The molecule has 7 heteroatoms. The summed E-state index contributed by atoms with van der Waals surface area (Å²) in [6, 6.07) is -0.705. The van der Waals surface area contributed by atoms with Crippen molar-refractivity contribution in [3.63, 3.8) is 0 Å². The Hall–Kier alpha value is -1.79. The first-order valence-electron chi connectivity index (χ1n) is 7.51. The van der Waals surface area contributed by atoms with Crippen molar-refractivity contribution >= 4 is 17.9 Å². The maximum Gasteiger partial charge on any atom is 0.318 e. The van der Waals surface area contributed by atoms with Gasteiger partial charge in [-0.05, 0) is 24.7 Å². The van der Waals surface area contributed by atoms with Crippen LogP contribution in [0.5, 0.6) is 0 Å². The summed E-state index contributed by atoms with van der Waals surface area (Å²) in [6.07, 6.45) is 3.33. The van der Waals surface area contributed by atoms with Crippen LogP contribution < -0.4 is 10.6 Å². The molecule has 1 heterocycles. The first kappa shape index (κ1) is 15.6. The second-order valence-corrected chi connectivity index (χ2v) is 5.99. The van der Waals surface area contributed by atoms with E-state index in [0.717, 1.165) is 19.3 Å². The highest BCUT2D eigenvalue weighted by atomic mass is 16.4. The van der Waals surface area contributed by atoms with E-state index in [-0.39, 0.29) is 23.8 Å². The van der Waals surface area contributed by atoms with Gasteiger partial charge in [0.25, 0.3) is 0 Å². The molecule has 1 saturated carbocycles. The number of carboxylic acid groups (broad SMARTS) is 1. The molecule has 0 radical (unpaired) electrons. The van der Waals surface area contributed by atoms with E-state index in [4.69, 9.17) is 5.11 Å². The molecule has 0 aromatic heterocycles. The van der Waals surface area contributed by atoms with Crippen LogP contribution >= 0.6 is 0 Å². The maximum atomic E-state index is 12.3. The molecule has 118 valence electrons. The summed E-state index contributed by atoms with van der Waals surface area (Å²) in [5.74, 6) is -0.949. The monoisotopic (exact) mass is 297 g/mol. The number of carbonyl (C=O) groups is 3. The van der Waals surface area contributed by atoms with Crippen LogP contribution in [0.3, 0.4) is 0 Å². The predicted molar refractivity (Wildman–Crippen MR) is 75.7 cm³/mol. The molecule has 1 aliphatic carbocycles. The number of nitrogens with one attached hydrogen (secondary N) is 2. The number of hydrogen-bond donors (Lipinski definition) is 3. The average Bonchev–Trinajstić information content (AvgIpc) is 2.40. The van der Waals surface area contributed by atoms with Crippen molar-refractivity contribution < 1.29 is 19.5 Å². The van der Waals surface area contributed by atoms with E-state index in [9.17, 15) is 14.4 Å². The highest BCUT2D eigenvalue weighted by Crippen LogP contribution is 2.43. The van der Waals surface area contributed by atoms with Crippen molar-refractivity contribution in [3.05, 3.63) is 0 Å². The van der Waals surface area contributed by atoms with Crippen molar-refractivity contribution in [2.75, 3.05) is 19.6 Å². The van der Waals surface area contributed by atoms with Gasteiger partial charge < -0.3 is 20.6 Å². The van der Waals surface area contributed by atoms with Gasteiger partial charge in [-0.1, -0.05) is 13.3 Å². The van der Waals surface area contributed by atoms with Crippen LogP contribution in [0.15, 0.2) is 0 Å². The lowest BCUT2D eigenvalue weighted by Gasteiger charge is -2.42. The quantitative estimate of drug-likeness (QED) is 0.690. The number of nitrogens with zero attached hydrogens (tertiary/aromatic N) is 1. The van der Waals surface area contributed by atoms with Gasteiger partial charge in [0.1, 0.15) is 6.04 Å². The van der Waals surface area contributed by atoms with Crippen LogP contribution in [0, 0.1) is 5.41 Å². The molecule has 2 fully saturated rings. The van der Waals surface area contributed by atoms with Crippen LogP contribution in [0.1, 0.15) is 39.0 Å². The van der Waals surface area contributed by atoms with E-state index in [1.165, 1.54) is 0 Å². The Morgan fingerprint density at radius 2 is 2.19 bits per heavy atom. The Bertz CT molecular complexity index is 434. The molecule has 0 aromatic carbocycles. The largest absolute Gasteiger partial charge is 0.481 e. The van der Waals surface area contributed by atoms with E-state index < -0.39 is 12.0 Å². The van der Waals surface area contributed by atoms with Gasteiger partial charge in [-0.15, -0.1) is 0 Å². The first-order chi connectivity index (χ1) is 9.97. The molecule has 21 heavy (non-hydrogen) atoms. The van der Waals surface area contributed by atoms with Crippen LogP contribution in [-0.4, -0.2) is 53.6 Å². The second kappa shape index (κ2) is 6.32. The summed E-state index contributed by atoms with van der Waals surface area (Å²) in [4.78, 5) is 36.5. The number of hydrogen-bond acceptors (Lipinski definition) is 3. The molecule has 0 bridgehead atoms. The van der Waals surface area contributed by atoms with Crippen molar-refractivity contribution in [1.29, 1.82) is 0 Å². The molecule has 0 spiro atoms. The summed E-state index contributed by atoms with van der Waals surface area (Å²) in [5, 5.41) is 14.5. The topological polar surface area (TPSA) is 98.7 Å². The third-order valence-electron chi connectivity index (χ3n) is 4.53. The maximum absolute atomic E-state index is 12.3. The molecule has 1 unspecified atom stereocenters. The van der Waals surface area contributed by atoms with E-state index in [1.807, 2.05) is 6.92 Å².